The number of ether oxygens (including phenoxy) is 1. The molecule has 0 fully saturated rings. The van der Waals surface area contributed by atoms with Crippen molar-refractivity contribution in [2.45, 2.75) is 19.4 Å². The zero-order valence-corrected chi connectivity index (χ0v) is 11.6. The standard InChI is InChI=1S/C11H18BrN3O2/c1-17-7-5-13-4-2-3-6-15-9-14-8-10(12)11(15)16/h8-9,13H,2-7H2,1H3. The van der Waals surface area contributed by atoms with Gasteiger partial charge in [-0.2, -0.15) is 0 Å². The highest BCUT2D eigenvalue weighted by Crippen LogP contribution is 1.99. The zero-order chi connectivity index (χ0) is 12.5. The number of hydrogen-bond donors (Lipinski definition) is 1. The summed E-state index contributed by atoms with van der Waals surface area (Å²) in [7, 11) is 1.69. The third kappa shape index (κ3) is 5.43. The first-order chi connectivity index (χ1) is 8.25. The summed E-state index contributed by atoms with van der Waals surface area (Å²) in [5.74, 6) is 0. The lowest BCUT2D eigenvalue weighted by molar-refractivity contribution is 0.199. The van der Waals surface area contributed by atoms with Crippen LogP contribution < -0.4 is 10.9 Å². The summed E-state index contributed by atoms with van der Waals surface area (Å²) in [6.07, 6.45) is 5.08. The van der Waals surface area contributed by atoms with Gasteiger partial charge in [0.15, 0.2) is 0 Å². The molecule has 1 N–H and O–H groups in total. The predicted octanol–water partition coefficient (Wildman–Crippen LogP) is 1.02. The maximum absolute atomic E-state index is 11.6. The summed E-state index contributed by atoms with van der Waals surface area (Å²) in [6, 6.07) is 0. The van der Waals surface area contributed by atoms with Crippen molar-refractivity contribution >= 4 is 15.9 Å². The minimum absolute atomic E-state index is 0.0210. The fourth-order valence-corrected chi connectivity index (χ4v) is 1.76. The molecule has 1 aromatic heterocycles. The number of halogens is 1. The third-order valence-electron chi connectivity index (χ3n) is 2.34. The van der Waals surface area contributed by atoms with Gasteiger partial charge < -0.3 is 10.1 Å². The molecule has 96 valence electrons. The molecule has 0 spiro atoms. The Morgan fingerprint density at radius 1 is 1.47 bits per heavy atom. The van der Waals surface area contributed by atoms with Crippen molar-refractivity contribution in [1.29, 1.82) is 0 Å². The van der Waals surface area contributed by atoms with E-state index in [4.69, 9.17) is 4.74 Å². The average molecular weight is 304 g/mol. The van der Waals surface area contributed by atoms with Crippen LogP contribution in [-0.2, 0) is 11.3 Å². The molecule has 0 saturated heterocycles. The fourth-order valence-electron chi connectivity index (χ4n) is 1.41. The molecular weight excluding hydrogens is 286 g/mol. The molecule has 5 nitrogen and oxygen atoms in total. The van der Waals surface area contributed by atoms with E-state index in [9.17, 15) is 4.79 Å². The molecule has 17 heavy (non-hydrogen) atoms. The van der Waals surface area contributed by atoms with E-state index in [0.29, 0.717) is 11.0 Å². The Bertz CT molecular complexity index is 381. The lowest BCUT2D eigenvalue weighted by Gasteiger charge is -2.06. The number of rotatable bonds is 8. The van der Waals surface area contributed by atoms with Gasteiger partial charge >= 0.3 is 0 Å². The van der Waals surface area contributed by atoms with Crippen LogP contribution in [0.4, 0.5) is 0 Å². The van der Waals surface area contributed by atoms with Crippen LogP contribution in [0, 0.1) is 0 Å². The number of methoxy groups -OCH3 is 1. The Morgan fingerprint density at radius 2 is 2.29 bits per heavy atom. The maximum atomic E-state index is 11.6. The van der Waals surface area contributed by atoms with Gasteiger partial charge in [-0.15, -0.1) is 0 Å². The molecule has 0 radical (unpaired) electrons. The van der Waals surface area contributed by atoms with Gasteiger partial charge in [-0.25, -0.2) is 4.98 Å². The van der Waals surface area contributed by atoms with E-state index < -0.39 is 0 Å². The number of nitrogens with zero attached hydrogens (tertiary/aromatic N) is 2. The second-order valence-corrected chi connectivity index (χ2v) is 4.54. The number of nitrogens with one attached hydrogen (secondary N) is 1. The Labute approximate surface area is 109 Å². The molecule has 1 aromatic rings. The Kier molecular flexibility index (Phi) is 7.07. The van der Waals surface area contributed by atoms with E-state index in [0.717, 1.165) is 32.5 Å². The minimum atomic E-state index is -0.0210. The highest BCUT2D eigenvalue weighted by atomic mass is 79.9. The van der Waals surface area contributed by atoms with E-state index in [1.165, 1.54) is 6.20 Å². The molecule has 0 amide bonds. The van der Waals surface area contributed by atoms with Crippen LogP contribution in [0.5, 0.6) is 0 Å². The summed E-state index contributed by atoms with van der Waals surface area (Å²) in [5, 5.41) is 3.26. The van der Waals surface area contributed by atoms with Crippen molar-refractivity contribution in [1.82, 2.24) is 14.9 Å². The molecule has 1 rings (SSSR count). The van der Waals surface area contributed by atoms with Gasteiger partial charge in [0.2, 0.25) is 0 Å². The van der Waals surface area contributed by atoms with Gasteiger partial charge in [-0.3, -0.25) is 9.36 Å². The first-order valence-corrected chi connectivity index (χ1v) is 6.44. The lowest BCUT2D eigenvalue weighted by atomic mass is 10.3. The first kappa shape index (κ1) is 14.3. The Morgan fingerprint density at radius 3 is 3.06 bits per heavy atom. The quantitative estimate of drug-likeness (QED) is 0.729. The normalized spacial score (nSPS) is 10.7. The highest BCUT2D eigenvalue weighted by molar-refractivity contribution is 9.10. The second-order valence-electron chi connectivity index (χ2n) is 3.69. The summed E-state index contributed by atoms with van der Waals surface area (Å²) < 4.78 is 7.06. The second kappa shape index (κ2) is 8.38. The smallest absolute Gasteiger partial charge is 0.267 e. The molecule has 0 saturated carbocycles. The summed E-state index contributed by atoms with van der Waals surface area (Å²) in [6.45, 7) is 3.25. The van der Waals surface area contributed by atoms with Crippen molar-refractivity contribution in [3.05, 3.63) is 27.4 Å². The molecule has 1 heterocycles. The number of aryl methyl sites for hydroxylation is 1. The molecule has 0 aromatic carbocycles. The van der Waals surface area contributed by atoms with E-state index in [2.05, 4.69) is 26.2 Å². The highest BCUT2D eigenvalue weighted by Gasteiger charge is 1.99. The average Bonchev–Trinajstić information content (AvgIpc) is 2.33. The van der Waals surface area contributed by atoms with Gasteiger partial charge in [0.1, 0.15) is 4.47 Å². The SMILES string of the molecule is COCCNCCCCn1cncc(Br)c1=O. The summed E-state index contributed by atoms with van der Waals surface area (Å²) in [5.41, 5.74) is -0.0210. The fraction of sp³-hybridized carbons (Fsp3) is 0.636. The van der Waals surface area contributed by atoms with Crippen LogP contribution in [-0.4, -0.2) is 36.4 Å². The van der Waals surface area contributed by atoms with Crippen LogP contribution in [0.15, 0.2) is 21.8 Å². The Hall–Kier alpha value is -0.720. The minimum Gasteiger partial charge on any atom is -0.383 e. The topological polar surface area (TPSA) is 56.1 Å². The molecular formula is C11H18BrN3O2. The van der Waals surface area contributed by atoms with Crippen LogP contribution in [0.1, 0.15) is 12.8 Å². The number of aromatic nitrogens is 2. The maximum Gasteiger partial charge on any atom is 0.267 e. The van der Waals surface area contributed by atoms with E-state index in [1.807, 2.05) is 0 Å². The van der Waals surface area contributed by atoms with Crippen molar-refractivity contribution < 1.29 is 4.74 Å². The molecule has 0 atom stereocenters. The molecule has 0 bridgehead atoms. The summed E-state index contributed by atoms with van der Waals surface area (Å²) in [4.78, 5) is 15.6. The molecule has 6 heteroatoms. The first-order valence-electron chi connectivity index (χ1n) is 5.65. The monoisotopic (exact) mass is 303 g/mol. The van der Waals surface area contributed by atoms with Crippen molar-refractivity contribution in [2.24, 2.45) is 0 Å². The lowest BCUT2D eigenvalue weighted by Crippen LogP contribution is -2.23. The van der Waals surface area contributed by atoms with Crippen LogP contribution in [0.25, 0.3) is 0 Å². The van der Waals surface area contributed by atoms with Gasteiger partial charge in [-0.05, 0) is 35.3 Å². The van der Waals surface area contributed by atoms with Gasteiger partial charge in [0, 0.05) is 26.4 Å². The van der Waals surface area contributed by atoms with Crippen LogP contribution in [0.2, 0.25) is 0 Å². The van der Waals surface area contributed by atoms with E-state index in [1.54, 1.807) is 18.0 Å². The van der Waals surface area contributed by atoms with Crippen molar-refractivity contribution in [3.8, 4) is 0 Å². The van der Waals surface area contributed by atoms with Crippen LogP contribution >= 0.6 is 15.9 Å². The summed E-state index contributed by atoms with van der Waals surface area (Å²) >= 11 is 3.18. The molecule has 0 aliphatic heterocycles. The largest absolute Gasteiger partial charge is 0.383 e. The zero-order valence-electron chi connectivity index (χ0n) is 9.99. The van der Waals surface area contributed by atoms with Gasteiger partial charge in [-0.1, -0.05) is 0 Å². The van der Waals surface area contributed by atoms with Crippen LogP contribution in [0.3, 0.4) is 0 Å². The molecule has 0 aliphatic rings. The van der Waals surface area contributed by atoms with E-state index in [-0.39, 0.29) is 5.56 Å². The van der Waals surface area contributed by atoms with Gasteiger partial charge in [0.05, 0.1) is 12.9 Å². The predicted molar refractivity (Wildman–Crippen MR) is 70.2 cm³/mol. The van der Waals surface area contributed by atoms with E-state index >= 15 is 0 Å². The van der Waals surface area contributed by atoms with Gasteiger partial charge in [0.25, 0.3) is 5.56 Å². The third-order valence-corrected chi connectivity index (χ3v) is 2.89. The van der Waals surface area contributed by atoms with Crippen molar-refractivity contribution in [2.75, 3.05) is 26.8 Å². The van der Waals surface area contributed by atoms with Crippen molar-refractivity contribution in [3.63, 3.8) is 0 Å². The number of unbranched alkanes of at least 4 members (excludes halogenated alkanes) is 1. The molecule has 0 aliphatic carbocycles. The Balaban J connectivity index is 2.18. The number of hydrogen-bond acceptors (Lipinski definition) is 4. The molecule has 0 unspecified atom stereocenters.